The van der Waals surface area contributed by atoms with Gasteiger partial charge in [0.1, 0.15) is 16.7 Å². The van der Waals surface area contributed by atoms with Crippen molar-refractivity contribution in [3.8, 4) is 39.9 Å². The van der Waals surface area contributed by atoms with E-state index in [1.54, 1.807) is 0 Å². The summed E-state index contributed by atoms with van der Waals surface area (Å²) in [6.45, 7) is 0. The molecule has 0 radical (unpaired) electrons. The zero-order valence-electron chi connectivity index (χ0n) is 27.1. The quantitative estimate of drug-likeness (QED) is 0.189. The molecule has 0 N–H and O–H groups in total. The van der Waals surface area contributed by atoms with Crippen molar-refractivity contribution in [3.63, 3.8) is 0 Å². The van der Waals surface area contributed by atoms with E-state index in [-0.39, 0.29) is 0 Å². The fourth-order valence-corrected chi connectivity index (χ4v) is 7.63. The largest absolute Gasteiger partial charge is 0.455 e. The van der Waals surface area contributed by atoms with Gasteiger partial charge < -0.3 is 13.4 Å². The molecule has 11 aromatic rings. The third-order valence-electron chi connectivity index (χ3n) is 9.86. The monoisotopic (exact) mass is 654 g/mol. The van der Waals surface area contributed by atoms with Gasteiger partial charge in [0.15, 0.2) is 23.1 Å². The Morgan fingerprint density at radius 3 is 1.45 bits per heavy atom. The van der Waals surface area contributed by atoms with Crippen molar-refractivity contribution < 1.29 is 8.83 Å². The first-order valence-electron chi connectivity index (χ1n) is 17.0. The van der Waals surface area contributed by atoms with Gasteiger partial charge in [-0.1, -0.05) is 121 Å². The predicted octanol–water partition coefficient (Wildman–Crippen LogP) is 11.8. The van der Waals surface area contributed by atoms with Gasteiger partial charge in [0.2, 0.25) is 0 Å². The molecule has 0 saturated heterocycles. The summed E-state index contributed by atoms with van der Waals surface area (Å²) >= 11 is 0. The van der Waals surface area contributed by atoms with Crippen molar-refractivity contribution in [2.24, 2.45) is 0 Å². The van der Waals surface area contributed by atoms with Crippen molar-refractivity contribution in [2.45, 2.75) is 0 Å². The molecule has 0 aliphatic heterocycles. The van der Waals surface area contributed by atoms with Gasteiger partial charge in [0.05, 0.1) is 22.3 Å². The lowest BCUT2D eigenvalue weighted by molar-refractivity contribution is 0.661. The maximum atomic E-state index is 6.78. The fourth-order valence-electron chi connectivity index (χ4n) is 7.63. The number of aromatic nitrogens is 4. The lowest BCUT2D eigenvalue weighted by Crippen LogP contribution is -2.00. The normalized spacial score (nSPS) is 11.9. The molecular weight excluding hydrogens is 629 g/mol. The van der Waals surface area contributed by atoms with E-state index in [0.29, 0.717) is 17.5 Å². The van der Waals surface area contributed by atoms with E-state index in [0.717, 1.165) is 77.3 Å². The Labute approximate surface area is 290 Å². The molecule has 238 valence electrons. The summed E-state index contributed by atoms with van der Waals surface area (Å²) in [6, 6.07) is 53.7. The van der Waals surface area contributed by atoms with E-state index in [1.165, 1.54) is 10.8 Å². The first-order valence-corrected chi connectivity index (χ1v) is 17.0. The van der Waals surface area contributed by atoms with Crippen molar-refractivity contribution >= 4 is 65.7 Å². The molecule has 0 saturated carbocycles. The minimum Gasteiger partial charge on any atom is -0.455 e. The van der Waals surface area contributed by atoms with Crippen LogP contribution in [-0.4, -0.2) is 19.5 Å². The SMILES string of the molecule is c1ccc(-c2nc(-c3ccccc3)nc(-c3cccc4c3oc3ccc5oc6c(-n7c8ccccc8c8ccccc87)cccc6c5c34)n2)cc1. The molecule has 0 aliphatic rings. The molecule has 0 amide bonds. The Kier molecular flexibility index (Phi) is 5.86. The molecule has 6 heteroatoms. The first-order chi connectivity index (χ1) is 25.3. The summed E-state index contributed by atoms with van der Waals surface area (Å²) in [5, 5.41) is 6.44. The minimum atomic E-state index is 0.550. The first kappa shape index (κ1) is 27.9. The van der Waals surface area contributed by atoms with Crippen LogP contribution < -0.4 is 0 Å². The topological polar surface area (TPSA) is 69.9 Å². The Morgan fingerprint density at radius 2 is 0.843 bits per heavy atom. The number of hydrogen-bond acceptors (Lipinski definition) is 5. The predicted molar refractivity (Wildman–Crippen MR) is 205 cm³/mol. The van der Waals surface area contributed by atoms with Crippen molar-refractivity contribution in [3.05, 3.63) is 158 Å². The van der Waals surface area contributed by atoms with Gasteiger partial charge in [-0.15, -0.1) is 0 Å². The van der Waals surface area contributed by atoms with Crippen molar-refractivity contribution in [2.75, 3.05) is 0 Å². The average molecular weight is 655 g/mol. The van der Waals surface area contributed by atoms with Crippen LogP contribution in [0, 0.1) is 0 Å². The van der Waals surface area contributed by atoms with E-state index >= 15 is 0 Å². The van der Waals surface area contributed by atoms with Crippen LogP contribution in [0.25, 0.3) is 106 Å². The van der Waals surface area contributed by atoms with Crippen LogP contribution in [0.5, 0.6) is 0 Å². The lowest BCUT2D eigenvalue weighted by atomic mass is 10.0. The van der Waals surface area contributed by atoms with Gasteiger partial charge in [-0.2, -0.15) is 0 Å². The number of furan rings is 2. The van der Waals surface area contributed by atoms with Crippen LogP contribution in [0.3, 0.4) is 0 Å². The van der Waals surface area contributed by atoms with Crippen molar-refractivity contribution in [1.82, 2.24) is 19.5 Å². The summed E-state index contributed by atoms with van der Waals surface area (Å²) in [5.41, 5.74) is 9.03. The number of nitrogens with zero attached hydrogens (tertiary/aromatic N) is 4. The maximum absolute atomic E-state index is 6.78. The zero-order chi connectivity index (χ0) is 33.5. The van der Waals surface area contributed by atoms with E-state index < -0.39 is 0 Å². The Balaban J connectivity index is 1.17. The minimum absolute atomic E-state index is 0.550. The van der Waals surface area contributed by atoms with Crippen LogP contribution in [-0.2, 0) is 0 Å². The van der Waals surface area contributed by atoms with E-state index in [9.17, 15) is 0 Å². The second-order valence-corrected chi connectivity index (χ2v) is 12.8. The molecular formula is C45H26N4O2. The van der Waals surface area contributed by atoms with Crippen LogP contribution >= 0.6 is 0 Å². The summed E-state index contributed by atoms with van der Waals surface area (Å²) in [5.74, 6) is 1.76. The van der Waals surface area contributed by atoms with Crippen molar-refractivity contribution in [1.29, 1.82) is 0 Å². The average Bonchev–Trinajstić information content (AvgIpc) is 3.88. The molecule has 4 aromatic heterocycles. The highest BCUT2D eigenvalue weighted by Gasteiger charge is 2.23. The molecule has 0 bridgehead atoms. The summed E-state index contributed by atoms with van der Waals surface area (Å²) in [6.07, 6.45) is 0. The summed E-state index contributed by atoms with van der Waals surface area (Å²) in [4.78, 5) is 14.9. The fraction of sp³-hybridized carbons (Fsp3) is 0. The molecule has 7 aromatic carbocycles. The Bertz CT molecular complexity index is 3030. The number of para-hydroxylation sites is 4. The number of fused-ring (bicyclic) bond motifs is 10. The lowest BCUT2D eigenvalue weighted by Gasteiger charge is -2.08. The number of hydrogen-bond donors (Lipinski definition) is 0. The molecule has 0 fully saturated rings. The van der Waals surface area contributed by atoms with Crippen LogP contribution in [0.15, 0.2) is 167 Å². The molecule has 4 heterocycles. The Morgan fingerprint density at radius 1 is 0.373 bits per heavy atom. The van der Waals surface area contributed by atoms with Gasteiger partial charge in [-0.25, -0.2) is 15.0 Å². The molecule has 0 unspecified atom stereocenters. The highest BCUT2D eigenvalue weighted by atomic mass is 16.3. The van der Waals surface area contributed by atoms with Gasteiger partial charge >= 0.3 is 0 Å². The molecule has 11 rings (SSSR count). The second-order valence-electron chi connectivity index (χ2n) is 12.8. The standard InChI is InChI=1S/C45H26N4O2/c1-3-13-27(14-4-1)43-46-44(28-15-5-2-6-16-28)48-45(47-43)33-21-11-19-31-39-37(50-41(31)33)25-26-38-40(39)32-20-12-24-36(42(32)51-38)49-34-22-9-7-17-29(34)30-18-8-10-23-35(30)49/h1-26H. The van der Waals surface area contributed by atoms with Crippen LogP contribution in [0.1, 0.15) is 0 Å². The second kappa shape index (κ2) is 10.7. The van der Waals surface area contributed by atoms with Gasteiger partial charge in [-0.3, -0.25) is 0 Å². The van der Waals surface area contributed by atoms with E-state index in [2.05, 4.69) is 77.4 Å². The molecule has 0 spiro atoms. The van der Waals surface area contributed by atoms with E-state index in [4.69, 9.17) is 23.8 Å². The van der Waals surface area contributed by atoms with Gasteiger partial charge in [-0.05, 0) is 36.4 Å². The highest BCUT2D eigenvalue weighted by molar-refractivity contribution is 6.27. The molecule has 6 nitrogen and oxygen atoms in total. The summed E-state index contributed by atoms with van der Waals surface area (Å²) < 4.78 is 15.8. The number of rotatable bonds is 4. The van der Waals surface area contributed by atoms with E-state index in [1.807, 2.05) is 84.9 Å². The summed E-state index contributed by atoms with van der Waals surface area (Å²) in [7, 11) is 0. The van der Waals surface area contributed by atoms with Gasteiger partial charge in [0.25, 0.3) is 0 Å². The number of benzene rings is 7. The maximum Gasteiger partial charge on any atom is 0.167 e. The molecule has 0 aliphatic carbocycles. The van der Waals surface area contributed by atoms with Crippen LogP contribution in [0.2, 0.25) is 0 Å². The third-order valence-corrected chi connectivity index (χ3v) is 9.86. The molecule has 51 heavy (non-hydrogen) atoms. The Hall–Kier alpha value is -7.05. The highest BCUT2D eigenvalue weighted by Crippen LogP contribution is 2.44. The smallest absolute Gasteiger partial charge is 0.167 e. The molecule has 0 atom stereocenters. The van der Waals surface area contributed by atoms with Gasteiger partial charge in [0, 0.05) is 43.4 Å². The van der Waals surface area contributed by atoms with Crippen LogP contribution in [0.4, 0.5) is 0 Å². The zero-order valence-corrected chi connectivity index (χ0v) is 27.1. The third kappa shape index (κ3) is 4.14.